The summed E-state index contributed by atoms with van der Waals surface area (Å²) in [5.41, 5.74) is 3.13. The smallest absolute Gasteiger partial charge is 0.352 e. The average molecular weight is 421 g/mol. The predicted molar refractivity (Wildman–Crippen MR) is 121 cm³/mol. The number of nitrogens with zero attached hydrogens (tertiary/aromatic N) is 1. The molecule has 0 atom stereocenters. The van der Waals surface area contributed by atoms with Gasteiger partial charge in [0.15, 0.2) is 0 Å². The minimum Gasteiger partial charge on any atom is -0.497 e. The van der Waals surface area contributed by atoms with E-state index in [4.69, 9.17) is 4.74 Å². The molecule has 0 saturated carbocycles. The van der Waals surface area contributed by atoms with E-state index < -0.39 is 5.97 Å². The first-order valence-corrected chi connectivity index (χ1v) is 10.7. The number of carbonyl (C=O) groups is 1. The van der Waals surface area contributed by atoms with Gasteiger partial charge in [0.25, 0.3) is 0 Å². The summed E-state index contributed by atoms with van der Waals surface area (Å²) in [7, 11) is 1.63. The summed E-state index contributed by atoms with van der Waals surface area (Å²) in [6, 6.07) is 19.8. The fourth-order valence-electron chi connectivity index (χ4n) is 3.76. The van der Waals surface area contributed by atoms with E-state index in [9.17, 15) is 9.90 Å². The van der Waals surface area contributed by atoms with Crippen LogP contribution in [0.15, 0.2) is 66.0 Å². The number of thiophene rings is 1. The molecule has 0 aliphatic heterocycles. The number of para-hydroxylation sites is 1. The van der Waals surface area contributed by atoms with Crippen molar-refractivity contribution in [2.75, 3.05) is 13.7 Å². The van der Waals surface area contributed by atoms with Gasteiger partial charge in [-0.05, 0) is 41.6 Å². The Bertz CT molecular complexity index is 1130. The lowest BCUT2D eigenvalue weighted by molar-refractivity contribution is 0.0684. The maximum atomic E-state index is 12.3. The van der Waals surface area contributed by atoms with Gasteiger partial charge in [-0.3, -0.25) is 0 Å². The molecule has 0 bridgehead atoms. The van der Waals surface area contributed by atoms with Crippen molar-refractivity contribution in [1.29, 1.82) is 0 Å². The van der Waals surface area contributed by atoms with Crippen LogP contribution in [0.2, 0.25) is 0 Å². The number of rotatable bonds is 9. The highest BCUT2D eigenvalue weighted by atomic mass is 32.1. The summed E-state index contributed by atoms with van der Waals surface area (Å²) in [6.07, 6.45) is 0.935. The van der Waals surface area contributed by atoms with E-state index in [0.29, 0.717) is 18.8 Å². The van der Waals surface area contributed by atoms with Crippen molar-refractivity contribution in [3.8, 4) is 5.75 Å². The molecule has 2 N–H and O–H groups in total. The number of ether oxygens (including phenoxy) is 1. The lowest BCUT2D eigenvalue weighted by atomic mass is 10.1. The minimum atomic E-state index is -0.908. The first-order chi connectivity index (χ1) is 14.7. The molecule has 5 nitrogen and oxygen atoms in total. The van der Waals surface area contributed by atoms with Crippen LogP contribution >= 0.6 is 11.3 Å². The van der Waals surface area contributed by atoms with Crippen molar-refractivity contribution in [2.45, 2.75) is 19.5 Å². The number of benzene rings is 2. The van der Waals surface area contributed by atoms with Crippen molar-refractivity contribution < 1.29 is 14.6 Å². The Morgan fingerprint density at radius 1 is 1.10 bits per heavy atom. The summed E-state index contributed by atoms with van der Waals surface area (Å²) >= 11 is 1.74. The zero-order chi connectivity index (χ0) is 20.9. The lowest BCUT2D eigenvalue weighted by Crippen LogP contribution is -2.19. The maximum absolute atomic E-state index is 12.3. The number of carboxylic acids is 1. The molecule has 4 aromatic rings. The molecule has 4 rings (SSSR count). The maximum Gasteiger partial charge on any atom is 0.352 e. The monoisotopic (exact) mass is 420 g/mol. The van der Waals surface area contributed by atoms with E-state index in [-0.39, 0.29) is 0 Å². The van der Waals surface area contributed by atoms with Gasteiger partial charge in [0.1, 0.15) is 11.4 Å². The van der Waals surface area contributed by atoms with Crippen LogP contribution < -0.4 is 10.1 Å². The molecule has 2 aromatic carbocycles. The second-order valence-electron chi connectivity index (χ2n) is 7.09. The van der Waals surface area contributed by atoms with E-state index in [1.54, 1.807) is 18.4 Å². The molecule has 0 aliphatic carbocycles. The van der Waals surface area contributed by atoms with E-state index >= 15 is 0 Å². The van der Waals surface area contributed by atoms with Crippen LogP contribution in [0.25, 0.3) is 10.9 Å². The quantitative estimate of drug-likeness (QED) is 0.382. The number of nitrogens with one attached hydrogen (secondary N) is 1. The van der Waals surface area contributed by atoms with Crippen molar-refractivity contribution in [3.05, 3.63) is 87.7 Å². The van der Waals surface area contributed by atoms with Gasteiger partial charge in [-0.15, -0.1) is 11.3 Å². The molecule has 0 amide bonds. The molecule has 0 fully saturated rings. The fraction of sp³-hybridized carbons (Fsp3) is 0.208. The topological polar surface area (TPSA) is 63.5 Å². The van der Waals surface area contributed by atoms with Gasteiger partial charge < -0.3 is 19.7 Å². The van der Waals surface area contributed by atoms with Gasteiger partial charge in [0.2, 0.25) is 0 Å². The second kappa shape index (κ2) is 9.15. The number of methoxy groups -OCH3 is 1. The molecular formula is C24H24N2O3S. The summed E-state index contributed by atoms with van der Waals surface area (Å²) in [5, 5.41) is 16.5. The number of fused-ring (bicyclic) bond motifs is 1. The Kier molecular flexibility index (Phi) is 6.16. The molecular weight excluding hydrogens is 396 g/mol. The Balaban J connectivity index is 1.63. The summed E-state index contributed by atoms with van der Waals surface area (Å²) < 4.78 is 7.13. The van der Waals surface area contributed by atoms with Crippen LogP contribution in [-0.2, 0) is 19.5 Å². The van der Waals surface area contributed by atoms with E-state index in [1.165, 1.54) is 4.88 Å². The van der Waals surface area contributed by atoms with Crippen molar-refractivity contribution in [2.24, 2.45) is 0 Å². The largest absolute Gasteiger partial charge is 0.497 e. The zero-order valence-electron chi connectivity index (χ0n) is 16.8. The third-order valence-electron chi connectivity index (χ3n) is 5.21. The SMILES string of the molecule is COc1ccc(Cn2c(C(=O)O)c(CNCCc3cccs3)c3ccccc32)cc1. The van der Waals surface area contributed by atoms with E-state index in [2.05, 4.69) is 22.8 Å². The van der Waals surface area contributed by atoms with Gasteiger partial charge in [0, 0.05) is 41.0 Å². The second-order valence-corrected chi connectivity index (χ2v) is 8.12. The number of hydrogen-bond donors (Lipinski definition) is 2. The molecule has 2 aromatic heterocycles. The van der Waals surface area contributed by atoms with Crippen LogP contribution in [-0.4, -0.2) is 29.3 Å². The first kappa shape index (κ1) is 20.2. The summed E-state index contributed by atoms with van der Waals surface area (Å²) in [5.74, 6) is -0.125. The van der Waals surface area contributed by atoms with E-state index in [1.807, 2.05) is 53.1 Å². The average Bonchev–Trinajstić information content (AvgIpc) is 3.38. The standard InChI is InChI=1S/C24H24N2O3S/c1-29-18-10-8-17(9-11-18)16-26-22-7-3-2-6-20(22)21(23(26)24(27)28)15-25-13-12-19-5-4-14-30-19/h2-11,14,25H,12-13,15-16H2,1H3,(H,27,28). The Hall–Kier alpha value is -3.09. The molecule has 0 spiro atoms. The van der Waals surface area contributed by atoms with Gasteiger partial charge in [0.05, 0.1) is 7.11 Å². The molecule has 30 heavy (non-hydrogen) atoms. The van der Waals surface area contributed by atoms with Crippen molar-refractivity contribution >= 4 is 28.2 Å². The van der Waals surface area contributed by atoms with E-state index in [0.717, 1.165) is 40.7 Å². The highest BCUT2D eigenvalue weighted by Gasteiger charge is 2.22. The third-order valence-corrected chi connectivity index (χ3v) is 6.14. The molecule has 0 aliphatic rings. The molecule has 6 heteroatoms. The first-order valence-electron chi connectivity index (χ1n) is 9.87. The van der Waals surface area contributed by atoms with Crippen molar-refractivity contribution in [3.63, 3.8) is 0 Å². The normalized spacial score (nSPS) is 11.1. The van der Waals surface area contributed by atoms with Gasteiger partial charge in [-0.25, -0.2) is 4.79 Å². The highest BCUT2D eigenvalue weighted by Crippen LogP contribution is 2.28. The lowest BCUT2D eigenvalue weighted by Gasteiger charge is -2.10. The Morgan fingerprint density at radius 3 is 2.60 bits per heavy atom. The predicted octanol–water partition coefficient (Wildman–Crippen LogP) is 4.79. The third kappa shape index (κ3) is 4.25. The number of aromatic carboxylic acids is 1. The van der Waals surface area contributed by atoms with Crippen LogP contribution in [0.3, 0.4) is 0 Å². The van der Waals surface area contributed by atoms with Crippen LogP contribution in [0.4, 0.5) is 0 Å². The van der Waals surface area contributed by atoms with Crippen molar-refractivity contribution in [1.82, 2.24) is 9.88 Å². The number of hydrogen-bond acceptors (Lipinski definition) is 4. The molecule has 0 saturated heterocycles. The fourth-order valence-corrected chi connectivity index (χ4v) is 4.47. The van der Waals surface area contributed by atoms with Gasteiger partial charge in [-0.2, -0.15) is 0 Å². The van der Waals surface area contributed by atoms with Crippen LogP contribution in [0.5, 0.6) is 5.75 Å². The number of carboxylic acid groups (broad SMARTS) is 1. The summed E-state index contributed by atoms with van der Waals surface area (Å²) in [6.45, 7) is 1.81. The molecule has 2 heterocycles. The molecule has 0 unspecified atom stereocenters. The highest BCUT2D eigenvalue weighted by molar-refractivity contribution is 7.09. The Labute approximate surface area is 179 Å². The van der Waals surface area contributed by atoms with Gasteiger partial charge in [-0.1, -0.05) is 36.4 Å². The van der Waals surface area contributed by atoms with Crippen LogP contribution in [0, 0.1) is 0 Å². The number of aromatic nitrogens is 1. The zero-order valence-corrected chi connectivity index (χ0v) is 17.6. The summed E-state index contributed by atoms with van der Waals surface area (Å²) in [4.78, 5) is 13.6. The Morgan fingerprint density at radius 2 is 1.90 bits per heavy atom. The molecule has 154 valence electrons. The van der Waals surface area contributed by atoms with Gasteiger partial charge >= 0.3 is 5.97 Å². The molecule has 0 radical (unpaired) electrons. The minimum absolute atomic E-state index is 0.343. The van der Waals surface area contributed by atoms with Crippen LogP contribution in [0.1, 0.15) is 26.5 Å².